The molecule has 1 saturated carbocycles. The van der Waals surface area contributed by atoms with Crippen molar-refractivity contribution < 1.29 is 9.53 Å². The van der Waals surface area contributed by atoms with Crippen LogP contribution in [0.1, 0.15) is 39.0 Å². The van der Waals surface area contributed by atoms with Crippen molar-refractivity contribution in [1.82, 2.24) is 0 Å². The van der Waals surface area contributed by atoms with Crippen LogP contribution in [0.15, 0.2) is 0 Å². The molecule has 1 aliphatic rings. The van der Waals surface area contributed by atoms with E-state index >= 15 is 0 Å². The van der Waals surface area contributed by atoms with Crippen molar-refractivity contribution in [2.75, 3.05) is 12.4 Å². The summed E-state index contributed by atoms with van der Waals surface area (Å²) in [5.74, 6) is 0.717. The van der Waals surface area contributed by atoms with E-state index in [4.69, 9.17) is 10.5 Å². The molecule has 0 aromatic carbocycles. The largest absolute Gasteiger partial charge is 0.465 e. The highest BCUT2D eigenvalue weighted by atomic mass is 32.2. The summed E-state index contributed by atoms with van der Waals surface area (Å²) < 4.78 is 4.85. The van der Waals surface area contributed by atoms with Crippen LogP contribution in [0.2, 0.25) is 0 Å². The molecule has 1 fully saturated rings. The second-order valence-electron chi connectivity index (χ2n) is 3.92. The Hall–Kier alpha value is -0.220. The number of rotatable bonds is 6. The average molecular weight is 231 g/mol. The molecule has 4 heteroatoms. The Morgan fingerprint density at radius 2 is 2.20 bits per heavy atom. The molecule has 0 bridgehead atoms. The quantitative estimate of drug-likeness (QED) is 0.710. The van der Waals surface area contributed by atoms with Crippen molar-refractivity contribution in [1.29, 1.82) is 0 Å². The number of carbonyl (C=O) groups is 1. The lowest BCUT2D eigenvalue weighted by atomic mass is 10.2. The van der Waals surface area contributed by atoms with Crippen LogP contribution < -0.4 is 5.73 Å². The van der Waals surface area contributed by atoms with Crippen molar-refractivity contribution in [3.63, 3.8) is 0 Å². The molecule has 1 rings (SSSR count). The first-order valence-corrected chi connectivity index (χ1v) is 6.82. The van der Waals surface area contributed by atoms with Crippen LogP contribution in [-0.2, 0) is 9.53 Å². The zero-order chi connectivity index (χ0) is 11.1. The Morgan fingerprint density at radius 1 is 1.53 bits per heavy atom. The number of nitrogens with two attached hydrogens (primary N) is 1. The van der Waals surface area contributed by atoms with E-state index in [2.05, 4.69) is 0 Å². The second-order valence-corrected chi connectivity index (χ2v) is 5.33. The predicted molar refractivity (Wildman–Crippen MR) is 63.9 cm³/mol. The summed E-state index contributed by atoms with van der Waals surface area (Å²) in [7, 11) is 0. The lowest BCUT2D eigenvalue weighted by molar-refractivity contribution is -0.144. The van der Waals surface area contributed by atoms with Gasteiger partial charge in [-0.1, -0.05) is 12.8 Å². The molecule has 0 heterocycles. The fourth-order valence-electron chi connectivity index (χ4n) is 1.78. The molecule has 1 atom stereocenters. The fourth-order valence-corrected chi connectivity index (χ4v) is 3.17. The molecule has 0 aromatic rings. The molecule has 88 valence electrons. The molecule has 0 saturated heterocycles. The van der Waals surface area contributed by atoms with Crippen molar-refractivity contribution in [2.24, 2.45) is 5.73 Å². The molecular weight excluding hydrogens is 210 g/mol. The molecule has 0 aliphatic heterocycles. The highest BCUT2D eigenvalue weighted by Crippen LogP contribution is 2.29. The van der Waals surface area contributed by atoms with Crippen LogP contribution in [0.3, 0.4) is 0 Å². The molecule has 0 radical (unpaired) electrons. The SMILES string of the molecule is CCOC(=O)C(N)CCSC1CCCC1. The molecule has 1 aliphatic carbocycles. The molecule has 0 aromatic heterocycles. The summed E-state index contributed by atoms with van der Waals surface area (Å²) in [6, 6.07) is -0.432. The number of hydrogen-bond acceptors (Lipinski definition) is 4. The van der Waals surface area contributed by atoms with Gasteiger partial charge in [0.15, 0.2) is 0 Å². The van der Waals surface area contributed by atoms with Gasteiger partial charge in [-0.2, -0.15) is 11.8 Å². The molecular formula is C11H21NO2S. The molecule has 0 spiro atoms. The smallest absolute Gasteiger partial charge is 0.322 e. The van der Waals surface area contributed by atoms with Gasteiger partial charge in [-0.3, -0.25) is 4.79 Å². The zero-order valence-corrected chi connectivity index (χ0v) is 10.2. The molecule has 3 nitrogen and oxygen atoms in total. The summed E-state index contributed by atoms with van der Waals surface area (Å²) in [5.41, 5.74) is 5.70. The normalized spacial score (nSPS) is 19.1. The highest BCUT2D eigenvalue weighted by molar-refractivity contribution is 7.99. The summed E-state index contributed by atoms with van der Waals surface area (Å²) in [5, 5.41) is 0.805. The lowest BCUT2D eigenvalue weighted by Crippen LogP contribution is -2.32. The molecule has 0 amide bonds. The lowest BCUT2D eigenvalue weighted by Gasteiger charge is -2.12. The maximum atomic E-state index is 11.2. The number of esters is 1. The third kappa shape index (κ3) is 4.89. The second kappa shape index (κ2) is 7.12. The summed E-state index contributed by atoms with van der Waals surface area (Å²) >= 11 is 1.96. The van der Waals surface area contributed by atoms with Crippen LogP contribution in [0.4, 0.5) is 0 Å². The van der Waals surface area contributed by atoms with Gasteiger partial charge in [-0.25, -0.2) is 0 Å². The van der Waals surface area contributed by atoms with Crippen LogP contribution in [0, 0.1) is 0 Å². The minimum Gasteiger partial charge on any atom is -0.465 e. The van der Waals surface area contributed by atoms with E-state index in [1.165, 1.54) is 25.7 Å². The Balaban J connectivity index is 2.05. The number of ether oxygens (including phenoxy) is 1. The first kappa shape index (κ1) is 12.8. The Kier molecular flexibility index (Phi) is 6.10. The number of thioether (sulfide) groups is 1. The Bertz CT molecular complexity index is 193. The molecule has 1 unspecified atom stereocenters. The Labute approximate surface area is 96.1 Å². The maximum Gasteiger partial charge on any atom is 0.322 e. The maximum absolute atomic E-state index is 11.2. The van der Waals surface area contributed by atoms with E-state index < -0.39 is 6.04 Å². The van der Waals surface area contributed by atoms with Gasteiger partial charge in [-0.15, -0.1) is 0 Å². The van der Waals surface area contributed by atoms with Gasteiger partial charge in [0.05, 0.1) is 6.61 Å². The summed E-state index contributed by atoms with van der Waals surface area (Å²) in [4.78, 5) is 11.2. The van der Waals surface area contributed by atoms with E-state index in [9.17, 15) is 4.79 Å². The van der Waals surface area contributed by atoms with Crippen LogP contribution in [-0.4, -0.2) is 29.6 Å². The van der Waals surface area contributed by atoms with E-state index in [1.54, 1.807) is 6.92 Å². The van der Waals surface area contributed by atoms with Gasteiger partial charge >= 0.3 is 5.97 Å². The standard InChI is InChI=1S/C11H21NO2S/c1-2-14-11(13)10(12)7-8-15-9-5-3-4-6-9/h9-10H,2-8,12H2,1H3. The first-order valence-electron chi connectivity index (χ1n) is 5.78. The fraction of sp³-hybridized carbons (Fsp3) is 0.909. The molecule has 2 N–H and O–H groups in total. The zero-order valence-electron chi connectivity index (χ0n) is 9.41. The van der Waals surface area contributed by atoms with E-state index in [-0.39, 0.29) is 5.97 Å². The van der Waals surface area contributed by atoms with Crippen molar-refractivity contribution in [2.45, 2.75) is 50.3 Å². The van der Waals surface area contributed by atoms with Gasteiger partial charge < -0.3 is 10.5 Å². The first-order chi connectivity index (χ1) is 7.24. The van der Waals surface area contributed by atoms with Gasteiger partial charge in [0.25, 0.3) is 0 Å². The highest BCUT2D eigenvalue weighted by Gasteiger charge is 2.18. The summed E-state index contributed by atoms with van der Waals surface area (Å²) in [6.45, 7) is 2.22. The topological polar surface area (TPSA) is 52.3 Å². The van der Waals surface area contributed by atoms with E-state index in [0.717, 1.165) is 17.4 Å². The minimum absolute atomic E-state index is 0.260. The van der Waals surface area contributed by atoms with Crippen molar-refractivity contribution >= 4 is 17.7 Å². The van der Waals surface area contributed by atoms with Crippen LogP contribution in [0.5, 0.6) is 0 Å². The van der Waals surface area contributed by atoms with Crippen molar-refractivity contribution in [3.05, 3.63) is 0 Å². The van der Waals surface area contributed by atoms with Crippen LogP contribution >= 0.6 is 11.8 Å². The van der Waals surface area contributed by atoms with Gasteiger partial charge in [-0.05, 0) is 31.9 Å². The van der Waals surface area contributed by atoms with Gasteiger partial charge in [0.1, 0.15) is 6.04 Å². The predicted octanol–water partition coefficient (Wildman–Crippen LogP) is 1.94. The average Bonchev–Trinajstić information content (AvgIpc) is 2.71. The van der Waals surface area contributed by atoms with Gasteiger partial charge in [0.2, 0.25) is 0 Å². The van der Waals surface area contributed by atoms with E-state index in [0.29, 0.717) is 6.61 Å². The van der Waals surface area contributed by atoms with Gasteiger partial charge in [0, 0.05) is 5.25 Å². The third-order valence-corrected chi connectivity index (χ3v) is 4.09. The van der Waals surface area contributed by atoms with Crippen LogP contribution in [0.25, 0.3) is 0 Å². The number of carbonyl (C=O) groups excluding carboxylic acids is 1. The third-order valence-electron chi connectivity index (χ3n) is 2.67. The van der Waals surface area contributed by atoms with E-state index in [1.807, 2.05) is 11.8 Å². The number of hydrogen-bond donors (Lipinski definition) is 1. The molecule has 15 heavy (non-hydrogen) atoms. The Morgan fingerprint density at radius 3 is 2.80 bits per heavy atom. The minimum atomic E-state index is -0.432. The monoisotopic (exact) mass is 231 g/mol. The van der Waals surface area contributed by atoms with Crippen molar-refractivity contribution in [3.8, 4) is 0 Å². The summed E-state index contributed by atoms with van der Waals surface area (Å²) in [6.07, 6.45) is 6.13.